The lowest BCUT2D eigenvalue weighted by atomic mass is 10.1. The Balaban J connectivity index is 2.38. The SMILES string of the molecule is O=C(Nc1cc(Cl)ccc1C(=O)O)c1cc(Cl)ccc1Cl. The van der Waals surface area contributed by atoms with Crippen LogP contribution in [-0.2, 0) is 0 Å². The Morgan fingerprint density at radius 2 is 1.52 bits per heavy atom. The monoisotopic (exact) mass is 343 g/mol. The number of carbonyl (C=O) groups excluding carboxylic acids is 1. The summed E-state index contributed by atoms with van der Waals surface area (Å²) in [6, 6.07) is 8.50. The first-order valence-electron chi connectivity index (χ1n) is 5.67. The van der Waals surface area contributed by atoms with Gasteiger partial charge in [-0.05, 0) is 36.4 Å². The van der Waals surface area contributed by atoms with E-state index >= 15 is 0 Å². The van der Waals surface area contributed by atoms with Crippen molar-refractivity contribution in [2.24, 2.45) is 0 Å². The summed E-state index contributed by atoms with van der Waals surface area (Å²) in [4.78, 5) is 23.3. The Kier molecular flexibility index (Phi) is 4.73. The van der Waals surface area contributed by atoms with E-state index in [0.717, 1.165) is 0 Å². The summed E-state index contributed by atoms with van der Waals surface area (Å²) in [5.41, 5.74) is 0.141. The highest BCUT2D eigenvalue weighted by Gasteiger charge is 2.16. The first kappa shape index (κ1) is 15.6. The highest BCUT2D eigenvalue weighted by molar-refractivity contribution is 6.36. The maximum atomic E-state index is 12.2. The van der Waals surface area contributed by atoms with E-state index in [1.54, 1.807) is 6.07 Å². The fraction of sp³-hybridized carbons (Fsp3) is 0. The number of carboxylic acids is 1. The van der Waals surface area contributed by atoms with Crippen LogP contribution in [0.5, 0.6) is 0 Å². The number of halogens is 3. The van der Waals surface area contributed by atoms with E-state index in [4.69, 9.17) is 39.9 Å². The second-order valence-corrected chi connectivity index (χ2v) is 5.35. The van der Waals surface area contributed by atoms with Crippen molar-refractivity contribution in [3.8, 4) is 0 Å². The topological polar surface area (TPSA) is 66.4 Å². The fourth-order valence-electron chi connectivity index (χ4n) is 1.67. The van der Waals surface area contributed by atoms with Gasteiger partial charge in [-0.25, -0.2) is 4.79 Å². The first-order chi connectivity index (χ1) is 9.88. The smallest absolute Gasteiger partial charge is 0.337 e. The number of amides is 1. The first-order valence-corrected chi connectivity index (χ1v) is 6.81. The van der Waals surface area contributed by atoms with Gasteiger partial charge in [0.1, 0.15) is 0 Å². The van der Waals surface area contributed by atoms with Gasteiger partial charge in [-0.3, -0.25) is 4.79 Å². The van der Waals surface area contributed by atoms with Crippen LogP contribution in [0.15, 0.2) is 36.4 Å². The summed E-state index contributed by atoms with van der Waals surface area (Å²) >= 11 is 17.6. The van der Waals surface area contributed by atoms with Gasteiger partial charge in [0.2, 0.25) is 0 Å². The maximum absolute atomic E-state index is 12.2. The molecular weight excluding hydrogens is 337 g/mol. The largest absolute Gasteiger partial charge is 0.478 e. The summed E-state index contributed by atoms with van der Waals surface area (Å²) in [6.45, 7) is 0. The Hall–Kier alpha value is -1.75. The van der Waals surface area contributed by atoms with Gasteiger partial charge in [-0.15, -0.1) is 0 Å². The van der Waals surface area contributed by atoms with Gasteiger partial charge >= 0.3 is 5.97 Å². The van der Waals surface area contributed by atoms with Gasteiger partial charge in [-0.2, -0.15) is 0 Å². The van der Waals surface area contributed by atoms with Crippen molar-refractivity contribution in [2.45, 2.75) is 0 Å². The molecule has 2 aromatic rings. The number of carbonyl (C=O) groups is 2. The number of aromatic carboxylic acids is 1. The van der Waals surface area contributed by atoms with E-state index in [9.17, 15) is 9.59 Å². The van der Waals surface area contributed by atoms with Gasteiger partial charge in [0.15, 0.2) is 0 Å². The zero-order valence-electron chi connectivity index (χ0n) is 10.4. The molecule has 21 heavy (non-hydrogen) atoms. The number of rotatable bonds is 3. The fourth-order valence-corrected chi connectivity index (χ4v) is 2.22. The van der Waals surface area contributed by atoms with Crippen molar-refractivity contribution in [2.75, 3.05) is 5.32 Å². The van der Waals surface area contributed by atoms with Crippen molar-refractivity contribution in [3.63, 3.8) is 0 Å². The molecule has 0 aliphatic rings. The Morgan fingerprint density at radius 3 is 2.19 bits per heavy atom. The van der Waals surface area contributed by atoms with Crippen LogP contribution in [0, 0.1) is 0 Å². The van der Waals surface area contributed by atoms with Gasteiger partial charge in [0.05, 0.1) is 21.8 Å². The number of hydrogen-bond acceptors (Lipinski definition) is 2. The lowest BCUT2D eigenvalue weighted by Gasteiger charge is -2.10. The zero-order valence-corrected chi connectivity index (χ0v) is 12.6. The van der Waals surface area contributed by atoms with Gasteiger partial charge in [-0.1, -0.05) is 34.8 Å². The van der Waals surface area contributed by atoms with Crippen molar-refractivity contribution >= 4 is 52.4 Å². The quantitative estimate of drug-likeness (QED) is 0.855. The second-order valence-electron chi connectivity index (χ2n) is 4.07. The van der Waals surface area contributed by atoms with Crippen LogP contribution in [0.4, 0.5) is 5.69 Å². The second kappa shape index (κ2) is 6.35. The van der Waals surface area contributed by atoms with Crippen molar-refractivity contribution in [3.05, 3.63) is 62.6 Å². The molecule has 0 heterocycles. The molecule has 0 spiro atoms. The normalized spacial score (nSPS) is 10.2. The van der Waals surface area contributed by atoms with Gasteiger partial charge < -0.3 is 10.4 Å². The Morgan fingerprint density at radius 1 is 0.905 bits per heavy atom. The van der Waals surface area contributed by atoms with E-state index in [-0.39, 0.29) is 21.8 Å². The highest BCUT2D eigenvalue weighted by atomic mass is 35.5. The van der Waals surface area contributed by atoms with Crippen LogP contribution in [0.25, 0.3) is 0 Å². The number of anilines is 1. The Labute approximate surface area is 135 Å². The molecule has 2 rings (SSSR count). The van der Waals surface area contributed by atoms with Crippen LogP contribution in [0.3, 0.4) is 0 Å². The van der Waals surface area contributed by atoms with Crippen molar-refractivity contribution in [1.29, 1.82) is 0 Å². The van der Waals surface area contributed by atoms with Crippen molar-refractivity contribution < 1.29 is 14.7 Å². The molecule has 1 amide bonds. The van der Waals surface area contributed by atoms with E-state index in [1.807, 2.05) is 0 Å². The predicted octanol–water partition coefficient (Wildman–Crippen LogP) is 4.60. The van der Waals surface area contributed by atoms with Gasteiger partial charge in [0, 0.05) is 10.0 Å². The third-order valence-electron chi connectivity index (χ3n) is 2.63. The summed E-state index contributed by atoms with van der Waals surface area (Å²) in [5.74, 6) is -1.76. The minimum absolute atomic E-state index is 0.0779. The molecule has 4 nitrogen and oxygen atoms in total. The van der Waals surface area contributed by atoms with Crippen LogP contribution in [0.2, 0.25) is 15.1 Å². The van der Waals surface area contributed by atoms with E-state index < -0.39 is 11.9 Å². The summed E-state index contributed by atoms with van der Waals surface area (Å²) < 4.78 is 0. The van der Waals surface area contributed by atoms with E-state index in [2.05, 4.69) is 5.32 Å². The molecule has 7 heteroatoms. The standard InChI is InChI=1S/C14H8Cl3NO3/c15-7-2-4-11(17)10(5-7)13(19)18-12-6-8(16)1-3-9(12)14(20)21/h1-6H,(H,18,19)(H,20,21). The maximum Gasteiger partial charge on any atom is 0.337 e. The number of carboxylic acid groups (broad SMARTS) is 1. The molecule has 0 radical (unpaired) electrons. The molecule has 0 aromatic heterocycles. The molecule has 0 bridgehead atoms. The summed E-state index contributed by atoms with van der Waals surface area (Å²) in [6.07, 6.45) is 0. The van der Waals surface area contributed by atoms with Crippen LogP contribution in [0.1, 0.15) is 20.7 Å². The number of nitrogens with one attached hydrogen (secondary N) is 1. The molecular formula is C14H8Cl3NO3. The summed E-state index contributed by atoms with van der Waals surface area (Å²) in [5, 5.41) is 12.4. The predicted molar refractivity (Wildman–Crippen MR) is 82.8 cm³/mol. The molecule has 0 fully saturated rings. The molecule has 0 aliphatic heterocycles. The molecule has 108 valence electrons. The molecule has 0 aliphatic carbocycles. The lowest BCUT2D eigenvalue weighted by molar-refractivity contribution is 0.0698. The lowest BCUT2D eigenvalue weighted by Crippen LogP contribution is -2.15. The average Bonchev–Trinajstić information content (AvgIpc) is 2.41. The van der Waals surface area contributed by atoms with Crippen LogP contribution in [-0.4, -0.2) is 17.0 Å². The Bertz CT molecular complexity index is 731. The molecule has 2 N–H and O–H groups in total. The van der Waals surface area contributed by atoms with Crippen LogP contribution >= 0.6 is 34.8 Å². The minimum Gasteiger partial charge on any atom is -0.478 e. The number of benzene rings is 2. The molecule has 0 saturated heterocycles. The zero-order chi connectivity index (χ0) is 15.6. The average molecular weight is 345 g/mol. The molecule has 0 unspecified atom stereocenters. The minimum atomic E-state index is -1.18. The summed E-state index contributed by atoms with van der Waals surface area (Å²) in [7, 11) is 0. The van der Waals surface area contributed by atoms with Gasteiger partial charge in [0.25, 0.3) is 5.91 Å². The third kappa shape index (κ3) is 3.67. The van der Waals surface area contributed by atoms with E-state index in [1.165, 1.54) is 30.3 Å². The molecule has 0 saturated carbocycles. The van der Waals surface area contributed by atoms with Crippen LogP contribution < -0.4 is 5.32 Å². The van der Waals surface area contributed by atoms with Crippen molar-refractivity contribution in [1.82, 2.24) is 0 Å². The third-order valence-corrected chi connectivity index (χ3v) is 3.43. The van der Waals surface area contributed by atoms with E-state index in [0.29, 0.717) is 10.0 Å². The number of hydrogen-bond donors (Lipinski definition) is 2. The molecule has 2 aromatic carbocycles. The highest BCUT2D eigenvalue weighted by Crippen LogP contribution is 2.25. The molecule has 0 atom stereocenters.